The number of carbonyl (C=O) groups excluding carboxylic acids is 1. The Hall–Kier alpha value is -0.610. The second-order valence-electron chi connectivity index (χ2n) is 4.49. The first-order valence-electron chi connectivity index (χ1n) is 5.64. The molecular weight excluding hydrogens is 192 g/mol. The molecule has 88 valence electrons. The quantitative estimate of drug-likeness (QED) is 0.682. The third kappa shape index (κ3) is 2.92. The summed E-state index contributed by atoms with van der Waals surface area (Å²) in [6.07, 6.45) is 3.85. The highest BCUT2D eigenvalue weighted by Gasteiger charge is 2.42. The van der Waals surface area contributed by atoms with Crippen LogP contribution in [0.15, 0.2) is 0 Å². The van der Waals surface area contributed by atoms with Crippen molar-refractivity contribution in [1.29, 1.82) is 0 Å². The van der Waals surface area contributed by atoms with E-state index in [0.29, 0.717) is 13.2 Å². The minimum absolute atomic E-state index is 0.125. The van der Waals surface area contributed by atoms with Gasteiger partial charge >= 0.3 is 0 Å². The van der Waals surface area contributed by atoms with Gasteiger partial charge in [-0.05, 0) is 26.2 Å². The predicted molar refractivity (Wildman–Crippen MR) is 59.4 cm³/mol. The van der Waals surface area contributed by atoms with Gasteiger partial charge in [-0.2, -0.15) is 0 Å². The van der Waals surface area contributed by atoms with Crippen molar-refractivity contribution < 1.29 is 9.53 Å². The molecule has 4 heteroatoms. The van der Waals surface area contributed by atoms with E-state index in [0.717, 1.165) is 25.7 Å². The number of ether oxygens (including phenoxy) is 1. The lowest BCUT2D eigenvalue weighted by Crippen LogP contribution is -2.52. The van der Waals surface area contributed by atoms with Gasteiger partial charge in [0.05, 0.1) is 5.41 Å². The molecule has 15 heavy (non-hydrogen) atoms. The summed E-state index contributed by atoms with van der Waals surface area (Å²) in [6, 6.07) is 0.168. The van der Waals surface area contributed by atoms with Crippen molar-refractivity contribution in [3.63, 3.8) is 0 Å². The van der Waals surface area contributed by atoms with Gasteiger partial charge in [0.25, 0.3) is 0 Å². The SMILES string of the molecule is COCCC(C)NC(=O)C1(CN)CCC1. The number of hydrogen-bond donors (Lipinski definition) is 2. The summed E-state index contributed by atoms with van der Waals surface area (Å²) in [4.78, 5) is 11.9. The highest BCUT2D eigenvalue weighted by atomic mass is 16.5. The summed E-state index contributed by atoms with van der Waals surface area (Å²) in [7, 11) is 1.67. The second-order valence-corrected chi connectivity index (χ2v) is 4.49. The first-order valence-corrected chi connectivity index (χ1v) is 5.64. The lowest BCUT2D eigenvalue weighted by molar-refractivity contribution is -0.135. The van der Waals surface area contributed by atoms with E-state index in [1.165, 1.54) is 0 Å². The number of amides is 1. The lowest BCUT2D eigenvalue weighted by atomic mass is 9.68. The Morgan fingerprint density at radius 1 is 1.60 bits per heavy atom. The Labute approximate surface area is 91.5 Å². The Balaban J connectivity index is 2.34. The van der Waals surface area contributed by atoms with Crippen LogP contribution in [0.3, 0.4) is 0 Å². The summed E-state index contributed by atoms with van der Waals surface area (Å²) in [6.45, 7) is 3.15. The van der Waals surface area contributed by atoms with Crippen LogP contribution in [0.25, 0.3) is 0 Å². The van der Waals surface area contributed by atoms with Gasteiger partial charge < -0.3 is 15.8 Å². The van der Waals surface area contributed by atoms with Gasteiger partial charge in [0.1, 0.15) is 0 Å². The molecule has 4 nitrogen and oxygen atoms in total. The summed E-state index contributed by atoms with van der Waals surface area (Å²) < 4.78 is 4.97. The number of hydrogen-bond acceptors (Lipinski definition) is 3. The van der Waals surface area contributed by atoms with E-state index in [2.05, 4.69) is 5.32 Å². The van der Waals surface area contributed by atoms with Crippen LogP contribution in [0.5, 0.6) is 0 Å². The molecule has 1 rings (SSSR count). The Morgan fingerprint density at radius 2 is 2.27 bits per heavy atom. The molecule has 0 aromatic carbocycles. The summed E-state index contributed by atoms with van der Waals surface area (Å²) in [5.74, 6) is 0.125. The van der Waals surface area contributed by atoms with Gasteiger partial charge in [-0.1, -0.05) is 6.42 Å². The molecule has 0 aromatic heterocycles. The third-order valence-corrected chi connectivity index (χ3v) is 3.32. The van der Waals surface area contributed by atoms with Crippen LogP contribution >= 0.6 is 0 Å². The van der Waals surface area contributed by atoms with E-state index >= 15 is 0 Å². The van der Waals surface area contributed by atoms with E-state index in [1.54, 1.807) is 7.11 Å². The van der Waals surface area contributed by atoms with Crippen molar-refractivity contribution in [3.05, 3.63) is 0 Å². The van der Waals surface area contributed by atoms with Gasteiger partial charge in [-0.3, -0.25) is 4.79 Å². The molecule has 0 heterocycles. The average Bonchev–Trinajstić information content (AvgIpc) is 2.13. The molecular formula is C11H22N2O2. The largest absolute Gasteiger partial charge is 0.385 e. The molecule has 0 aliphatic heterocycles. The maximum atomic E-state index is 11.9. The number of rotatable bonds is 6. The third-order valence-electron chi connectivity index (χ3n) is 3.32. The molecule has 3 N–H and O–H groups in total. The molecule has 0 bridgehead atoms. The maximum absolute atomic E-state index is 11.9. The van der Waals surface area contributed by atoms with E-state index in [4.69, 9.17) is 10.5 Å². The minimum Gasteiger partial charge on any atom is -0.385 e. The molecule has 0 aromatic rings. The standard InChI is InChI=1S/C11H22N2O2/c1-9(4-7-15-2)13-10(14)11(8-12)5-3-6-11/h9H,3-8,12H2,1-2H3,(H,13,14). The van der Waals surface area contributed by atoms with Crippen molar-refractivity contribution >= 4 is 5.91 Å². The van der Waals surface area contributed by atoms with Crippen molar-refractivity contribution in [1.82, 2.24) is 5.32 Å². The van der Waals surface area contributed by atoms with E-state index in [9.17, 15) is 4.79 Å². The topological polar surface area (TPSA) is 64.3 Å². The Morgan fingerprint density at radius 3 is 2.67 bits per heavy atom. The smallest absolute Gasteiger partial charge is 0.227 e. The van der Waals surface area contributed by atoms with Crippen LogP contribution in [0, 0.1) is 5.41 Å². The second kappa shape index (κ2) is 5.47. The van der Waals surface area contributed by atoms with Crippen LogP contribution < -0.4 is 11.1 Å². The highest BCUT2D eigenvalue weighted by Crippen LogP contribution is 2.40. The number of carbonyl (C=O) groups is 1. The van der Waals surface area contributed by atoms with Crippen LogP contribution in [0.4, 0.5) is 0 Å². The normalized spacial score (nSPS) is 20.5. The zero-order valence-corrected chi connectivity index (χ0v) is 9.71. The molecule has 1 amide bonds. The fraction of sp³-hybridized carbons (Fsp3) is 0.909. The summed E-state index contributed by atoms with van der Waals surface area (Å²) in [5, 5.41) is 3.01. The van der Waals surface area contributed by atoms with Crippen molar-refractivity contribution in [2.75, 3.05) is 20.3 Å². The molecule has 1 aliphatic rings. The van der Waals surface area contributed by atoms with Crippen LogP contribution in [0.1, 0.15) is 32.6 Å². The van der Waals surface area contributed by atoms with Crippen LogP contribution in [-0.4, -0.2) is 32.2 Å². The first kappa shape index (κ1) is 12.5. The van der Waals surface area contributed by atoms with Gasteiger partial charge in [-0.15, -0.1) is 0 Å². The van der Waals surface area contributed by atoms with E-state index in [-0.39, 0.29) is 17.4 Å². The van der Waals surface area contributed by atoms with Crippen LogP contribution in [-0.2, 0) is 9.53 Å². The zero-order valence-electron chi connectivity index (χ0n) is 9.71. The van der Waals surface area contributed by atoms with Gasteiger partial charge in [0.15, 0.2) is 0 Å². The monoisotopic (exact) mass is 214 g/mol. The molecule has 1 fully saturated rings. The molecule has 1 atom stereocenters. The Kier molecular flexibility index (Phi) is 4.54. The van der Waals surface area contributed by atoms with Crippen molar-refractivity contribution in [3.8, 4) is 0 Å². The van der Waals surface area contributed by atoms with Crippen molar-refractivity contribution in [2.24, 2.45) is 11.1 Å². The molecule has 0 radical (unpaired) electrons. The summed E-state index contributed by atoms with van der Waals surface area (Å²) >= 11 is 0. The summed E-state index contributed by atoms with van der Waals surface area (Å²) in [5.41, 5.74) is 5.40. The predicted octanol–water partition coefficient (Wildman–Crippen LogP) is 0.657. The number of methoxy groups -OCH3 is 1. The molecule has 1 saturated carbocycles. The fourth-order valence-electron chi connectivity index (χ4n) is 1.87. The average molecular weight is 214 g/mol. The van der Waals surface area contributed by atoms with Gasteiger partial charge in [0, 0.05) is 26.3 Å². The van der Waals surface area contributed by atoms with E-state index in [1.807, 2.05) is 6.92 Å². The van der Waals surface area contributed by atoms with Gasteiger partial charge in [-0.25, -0.2) is 0 Å². The molecule has 1 unspecified atom stereocenters. The van der Waals surface area contributed by atoms with Crippen LogP contribution in [0.2, 0.25) is 0 Å². The molecule has 1 aliphatic carbocycles. The Bertz CT molecular complexity index is 209. The maximum Gasteiger partial charge on any atom is 0.227 e. The minimum atomic E-state index is -0.263. The molecule has 0 spiro atoms. The lowest BCUT2D eigenvalue weighted by Gasteiger charge is -2.39. The first-order chi connectivity index (χ1) is 7.14. The van der Waals surface area contributed by atoms with Crippen molar-refractivity contribution in [2.45, 2.75) is 38.6 Å². The highest BCUT2D eigenvalue weighted by molar-refractivity contribution is 5.84. The fourth-order valence-corrected chi connectivity index (χ4v) is 1.87. The van der Waals surface area contributed by atoms with E-state index < -0.39 is 0 Å². The number of nitrogens with two attached hydrogens (primary N) is 1. The number of nitrogens with one attached hydrogen (secondary N) is 1. The molecule has 0 saturated heterocycles. The zero-order chi connectivity index (χ0) is 11.3. The van der Waals surface area contributed by atoms with Gasteiger partial charge in [0.2, 0.25) is 5.91 Å².